The van der Waals surface area contributed by atoms with Crippen LogP contribution in [0.25, 0.3) is 11.4 Å². The van der Waals surface area contributed by atoms with Crippen LogP contribution in [0.1, 0.15) is 44.2 Å². The van der Waals surface area contributed by atoms with Crippen LogP contribution >= 0.6 is 0 Å². The van der Waals surface area contributed by atoms with Crippen molar-refractivity contribution in [3.63, 3.8) is 0 Å². The van der Waals surface area contributed by atoms with E-state index in [0.717, 1.165) is 30.5 Å². The van der Waals surface area contributed by atoms with Crippen LogP contribution in [0.2, 0.25) is 0 Å². The van der Waals surface area contributed by atoms with Crippen molar-refractivity contribution in [1.29, 1.82) is 0 Å². The Bertz CT molecular complexity index is 1500. The summed E-state index contributed by atoms with van der Waals surface area (Å²) in [5.41, 5.74) is 0.912. The van der Waals surface area contributed by atoms with Gasteiger partial charge >= 0.3 is 0 Å². The molecular weight excluding hydrogens is 530 g/mol. The summed E-state index contributed by atoms with van der Waals surface area (Å²) in [6.07, 6.45) is 3.69. The van der Waals surface area contributed by atoms with Gasteiger partial charge in [-0.15, -0.1) is 10.2 Å². The minimum Gasteiger partial charge on any atom is -0.492 e. The van der Waals surface area contributed by atoms with Crippen molar-refractivity contribution < 1.29 is 23.1 Å². The number of nitrogens with zero attached hydrogens (tertiary/aromatic N) is 5. The van der Waals surface area contributed by atoms with Crippen molar-refractivity contribution in [2.24, 2.45) is 0 Å². The first-order chi connectivity index (χ1) is 19.9. The van der Waals surface area contributed by atoms with Crippen molar-refractivity contribution in [3.05, 3.63) is 90.0 Å². The molecule has 1 aromatic heterocycles. The maximum atomic E-state index is 14.3. The molecule has 4 aromatic rings. The number of anilines is 1. The number of carbonyl (C=O) groups excluding carboxylic acids is 2. The summed E-state index contributed by atoms with van der Waals surface area (Å²) in [4.78, 5) is 30.4. The van der Waals surface area contributed by atoms with Crippen molar-refractivity contribution in [1.82, 2.24) is 25.5 Å². The van der Waals surface area contributed by atoms with E-state index in [4.69, 9.17) is 4.74 Å². The summed E-state index contributed by atoms with van der Waals surface area (Å²) in [6.45, 7) is 1.73. The zero-order valence-electron chi connectivity index (χ0n) is 22.5. The quantitative estimate of drug-likeness (QED) is 0.298. The Morgan fingerprint density at radius 2 is 1.73 bits per heavy atom. The van der Waals surface area contributed by atoms with E-state index >= 15 is 0 Å². The second-order valence-electron chi connectivity index (χ2n) is 9.73. The van der Waals surface area contributed by atoms with Crippen LogP contribution in [0.4, 0.5) is 14.5 Å². The second-order valence-corrected chi connectivity index (χ2v) is 9.73. The highest BCUT2D eigenvalue weighted by Gasteiger charge is 2.36. The molecule has 1 atom stereocenters. The Morgan fingerprint density at radius 1 is 1.02 bits per heavy atom. The number of tetrazole rings is 1. The van der Waals surface area contributed by atoms with E-state index in [9.17, 15) is 18.4 Å². The first-order valence-electron chi connectivity index (χ1n) is 13.6. The average Bonchev–Trinajstić information content (AvgIpc) is 3.65. The van der Waals surface area contributed by atoms with E-state index in [1.54, 1.807) is 36.4 Å². The summed E-state index contributed by atoms with van der Waals surface area (Å²) in [6, 6.07) is 17.2. The lowest BCUT2D eigenvalue weighted by molar-refractivity contribution is -0.127. The van der Waals surface area contributed by atoms with Gasteiger partial charge in [0.15, 0.2) is 0 Å². The zero-order chi connectivity index (χ0) is 28.8. The Balaban J connectivity index is 1.55. The maximum Gasteiger partial charge on any atom is 0.251 e. The number of halogens is 2. The molecule has 3 aromatic carbocycles. The van der Waals surface area contributed by atoms with Gasteiger partial charge in [-0.05, 0) is 66.9 Å². The number of hydrogen-bond acceptors (Lipinski definition) is 6. The van der Waals surface area contributed by atoms with E-state index in [1.165, 1.54) is 41.3 Å². The normalized spacial score (nSPS) is 14.0. The maximum absolute atomic E-state index is 14.3. The lowest BCUT2D eigenvalue weighted by Crippen LogP contribution is -2.47. The second kappa shape index (κ2) is 12.7. The van der Waals surface area contributed by atoms with Gasteiger partial charge < -0.3 is 10.1 Å². The van der Waals surface area contributed by atoms with Gasteiger partial charge in [0.25, 0.3) is 5.91 Å². The first-order valence-corrected chi connectivity index (χ1v) is 13.6. The monoisotopic (exact) mass is 560 g/mol. The number of ether oxygens (including phenoxy) is 1. The Hall–Kier alpha value is -4.67. The lowest BCUT2D eigenvalue weighted by Gasteiger charge is -2.33. The molecule has 41 heavy (non-hydrogen) atoms. The molecule has 1 heterocycles. The first kappa shape index (κ1) is 27.9. The highest BCUT2D eigenvalue weighted by atomic mass is 19.1. The molecule has 212 valence electrons. The molecule has 1 saturated carbocycles. The summed E-state index contributed by atoms with van der Waals surface area (Å²) >= 11 is 0. The molecule has 1 N–H and O–H groups in total. The number of benzene rings is 3. The number of carbonyl (C=O) groups is 2. The Kier molecular flexibility index (Phi) is 8.61. The molecule has 0 spiro atoms. The van der Waals surface area contributed by atoms with E-state index in [0.29, 0.717) is 23.6 Å². The fourth-order valence-corrected chi connectivity index (χ4v) is 5.02. The fraction of sp³-hybridized carbons (Fsp3) is 0.300. The molecule has 0 radical (unpaired) electrons. The number of nitrogens with one attached hydrogen (secondary N) is 1. The van der Waals surface area contributed by atoms with Crippen molar-refractivity contribution in [2.75, 3.05) is 11.5 Å². The minimum atomic E-state index is -1.15. The van der Waals surface area contributed by atoms with Crippen molar-refractivity contribution in [2.45, 2.75) is 51.2 Å². The number of hydrogen-bond donors (Lipinski definition) is 1. The fourth-order valence-electron chi connectivity index (χ4n) is 5.02. The van der Waals surface area contributed by atoms with Gasteiger partial charge in [0.1, 0.15) is 30.0 Å². The van der Waals surface area contributed by atoms with Gasteiger partial charge in [0, 0.05) is 6.04 Å². The third-order valence-electron chi connectivity index (χ3n) is 6.93. The standard InChI is InChI=1S/C30H30F2N6O3/c1-2-41-26-14-8-7-13-25(26)38(27(39)19-37-35-29(34-36-37)23-11-5-6-12-24(23)32)28(20-15-17-21(31)18-16-20)30(40)33-22-9-3-4-10-22/h5-8,11-18,22,28H,2-4,9-10,19H2,1H3,(H,33,40). The van der Waals surface area contributed by atoms with Crippen LogP contribution in [0.15, 0.2) is 72.8 Å². The van der Waals surface area contributed by atoms with E-state index in [-0.39, 0.29) is 17.4 Å². The predicted molar refractivity (Wildman–Crippen MR) is 148 cm³/mol. The van der Waals surface area contributed by atoms with Crippen LogP contribution in [0.5, 0.6) is 5.75 Å². The number of rotatable bonds is 10. The topological polar surface area (TPSA) is 102 Å². The molecular formula is C30H30F2N6O3. The van der Waals surface area contributed by atoms with E-state index in [1.807, 2.05) is 6.92 Å². The van der Waals surface area contributed by atoms with Crippen molar-refractivity contribution >= 4 is 17.5 Å². The van der Waals surface area contributed by atoms with Gasteiger partial charge in [-0.2, -0.15) is 4.80 Å². The smallest absolute Gasteiger partial charge is 0.251 e. The number of amides is 2. The molecule has 5 rings (SSSR count). The van der Waals surface area contributed by atoms with Crippen LogP contribution in [0, 0.1) is 11.6 Å². The molecule has 11 heteroatoms. The van der Waals surface area contributed by atoms with E-state index < -0.39 is 36.0 Å². The third kappa shape index (κ3) is 6.40. The largest absolute Gasteiger partial charge is 0.492 e. The number of aromatic nitrogens is 4. The van der Waals surface area contributed by atoms with Crippen LogP contribution < -0.4 is 15.0 Å². The molecule has 0 bridgehead atoms. The Labute approximate surface area is 236 Å². The van der Waals surface area contributed by atoms with Crippen LogP contribution in [-0.2, 0) is 16.1 Å². The Morgan fingerprint density at radius 3 is 2.46 bits per heavy atom. The summed E-state index contributed by atoms with van der Waals surface area (Å²) < 4.78 is 34.1. The molecule has 0 aliphatic heterocycles. The minimum absolute atomic E-state index is 0.0197. The molecule has 1 unspecified atom stereocenters. The summed E-state index contributed by atoms with van der Waals surface area (Å²) in [5, 5.41) is 15.2. The summed E-state index contributed by atoms with van der Waals surface area (Å²) in [5.74, 6) is -1.53. The molecule has 1 aliphatic rings. The predicted octanol–water partition coefficient (Wildman–Crippen LogP) is 4.85. The lowest BCUT2D eigenvalue weighted by atomic mass is 10.0. The highest BCUT2D eigenvalue weighted by molar-refractivity contribution is 6.02. The van der Waals surface area contributed by atoms with Gasteiger partial charge in [0.2, 0.25) is 11.7 Å². The average molecular weight is 561 g/mol. The third-order valence-corrected chi connectivity index (χ3v) is 6.93. The highest BCUT2D eigenvalue weighted by Crippen LogP contribution is 2.36. The molecule has 9 nitrogen and oxygen atoms in total. The molecule has 0 saturated heterocycles. The van der Waals surface area contributed by atoms with Gasteiger partial charge in [-0.1, -0.05) is 49.2 Å². The SMILES string of the molecule is CCOc1ccccc1N(C(=O)Cn1nnc(-c2ccccc2F)n1)C(C(=O)NC1CCCC1)c1ccc(F)cc1. The van der Waals surface area contributed by atoms with E-state index in [2.05, 4.69) is 20.7 Å². The van der Waals surface area contributed by atoms with Crippen LogP contribution in [-0.4, -0.2) is 44.7 Å². The van der Waals surface area contributed by atoms with Gasteiger partial charge in [-0.25, -0.2) is 8.78 Å². The van der Waals surface area contributed by atoms with Gasteiger partial charge in [-0.3, -0.25) is 14.5 Å². The number of para-hydroxylation sites is 2. The molecule has 1 fully saturated rings. The van der Waals surface area contributed by atoms with Gasteiger partial charge in [0.05, 0.1) is 17.9 Å². The zero-order valence-corrected chi connectivity index (χ0v) is 22.5. The summed E-state index contributed by atoms with van der Waals surface area (Å²) in [7, 11) is 0. The molecule has 2 amide bonds. The van der Waals surface area contributed by atoms with Crippen molar-refractivity contribution in [3.8, 4) is 17.1 Å². The van der Waals surface area contributed by atoms with Crippen LogP contribution in [0.3, 0.4) is 0 Å². The molecule has 1 aliphatic carbocycles.